The van der Waals surface area contributed by atoms with Crippen molar-refractivity contribution in [3.05, 3.63) is 29.8 Å². The van der Waals surface area contributed by atoms with Crippen molar-refractivity contribution in [2.24, 2.45) is 0 Å². The van der Waals surface area contributed by atoms with Gasteiger partial charge >= 0.3 is 0 Å². The Morgan fingerprint density at radius 2 is 2.05 bits per heavy atom. The third kappa shape index (κ3) is 3.08. The number of anilines is 1. The van der Waals surface area contributed by atoms with Crippen LogP contribution in [-0.2, 0) is 4.74 Å². The third-order valence-corrected chi connectivity index (χ3v) is 4.05. The van der Waals surface area contributed by atoms with Gasteiger partial charge in [0.05, 0.1) is 18.3 Å². The van der Waals surface area contributed by atoms with Crippen LogP contribution in [0.15, 0.2) is 24.3 Å². The minimum atomic E-state index is -0.516. The molecule has 1 aromatic rings. The molecule has 0 bridgehead atoms. The minimum Gasteiger partial charge on any atom is -0.375 e. The first kappa shape index (κ1) is 13.9. The van der Waals surface area contributed by atoms with Crippen molar-refractivity contribution in [3.63, 3.8) is 0 Å². The number of aryl methyl sites for hydroxylation is 1. The number of hydrogen-bond acceptors (Lipinski definition) is 3. The van der Waals surface area contributed by atoms with Crippen molar-refractivity contribution in [2.45, 2.75) is 51.2 Å². The van der Waals surface area contributed by atoms with Crippen molar-refractivity contribution in [2.75, 3.05) is 11.9 Å². The predicted molar refractivity (Wildman–Crippen MR) is 77.0 cm³/mol. The van der Waals surface area contributed by atoms with Gasteiger partial charge in [-0.3, -0.25) is 0 Å². The van der Waals surface area contributed by atoms with Gasteiger partial charge in [0.15, 0.2) is 0 Å². The summed E-state index contributed by atoms with van der Waals surface area (Å²) >= 11 is 0. The Kier molecular flexibility index (Phi) is 3.82. The Labute approximate surface area is 115 Å². The van der Waals surface area contributed by atoms with E-state index in [4.69, 9.17) is 4.74 Å². The van der Waals surface area contributed by atoms with Crippen molar-refractivity contribution in [1.29, 1.82) is 5.26 Å². The molecular formula is C16H22N2O. The molecule has 3 heteroatoms. The van der Waals surface area contributed by atoms with Crippen LogP contribution in [0.25, 0.3) is 0 Å². The molecule has 1 saturated heterocycles. The summed E-state index contributed by atoms with van der Waals surface area (Å²) < 4.78 is 5.84. The molecule has 0 radical (unpaired) electrons. The van der Waals surface area contributed by atoms with E-state index in [1.54, 1.807) is 0 Å². The average molecular weight is 258 g/mol. The maximum absolute atomic E-state index is 9.62. The first-order chi connectivity index (χ1) is 9.01. The summed E-state index contributed by atoms with van der Waals surface area (Å²) in [7, 11) is 0. The van der Waals surface area contributed by atoms with Crippen LogP contribution < -0.4 is 5.32 Å². The highest BCUT2D eigenvalue weighted by Gasteiger charge is 2.42. The molecule has 1 aromatic carbocycles. The number of nitrogens with one attached hydrogen (secondary N) is 1. The zero-order valence-electron chi connectivity index (χ0n) is 12.0. The van der Waals surface area contributed by atoms with Gasteiger partial charge in [0, 0.05) is 18.5 Å². The van der Waals surface area contributed by atoms with Gasteiger partial charge in [-0.25, -0.2) is 0 Å². The Morgan fingerprint density at radius 1 is 1.37 bits per heavy atom. The van der Waals surface area contributed by atoms with Gasteiger partial charge in [-0.15, -0.1) is 0 Å². The fourth-order valence-corrected chi connectivity index (χ4v) is 2.62. The molecule has 0 spiro atoms. The van der Waals surface area contributed by atoms with Gasteiger partial charge in [0.25, 0.3) is 0 Å². The molecule has 0 amide bonds. The number of nitrogens with zero attached hydrogens (tertiary/aromatic N) is 1. The Morgan fingerprint density at radius 3 is 2.63 bits per heavy atom. The van der Waals surface area contributed by atoms with Crippen LogP contribution in [0.4, 0.5) is 5.69 Å². The summed E-state index contributed by atoms with van der Waals surface area (Å²) in [6.07, 6.45) is 2.37. The fraction of sp³-hybridized carbons (Fsp3) is 0.562. The summed E-state index contributed by atoms with van der Waals surface area (Å²) in [5.41, 5.74) is 1.51. The second-order valence-corrected chi connectivity index (χ2v) is 5.76. The van der Waals surface area contributed by atoms with Gasteiger partial charge in [0.2, 0.25) is 0 Å². The van der Waals surface area contributed by atoms with E-state index in [1.165, 1.54) is 5.56 Å². The van der Waals surface area contributed by atoms with Crippen LogP contribution >= 0.6 is 0 Å². The van der Waals surface area contributed by atoms with Gasteiger partial charge in [-0.05, 0) is 32.4 Å². The number of rotatable bonds is 3. The molecule has 0 aromatic heterocycles. The fourth-order valence-electron chi connectivity index (χ4n) is 2.62. The normalized spacial score (nSPS) is 30.6. The lowest BCUT2D eigenvalue weighted by atomic mass is 9.80. The van der Waals surface area contributed by atoms with E-state index in [1.807, 2.05) is 12.1 Å². The SMILES string of the molecule is CCC1(C)CC(C#N)(Nc2ccc(C)cc2)CCO1. The lowest BCUT2D eigenvalue weighted by Gasteiger charge is -2.43. The molecule has 0 saturated carbocycles. The zero-order chi connectivity index (χ0) is 13.9. The molecule has 1 aliphatic rings. The van der Waals surface area contributed by atoms with E-state index in [-0.39, 0.29) is 5.60 Å². The summed E-state index contributed by atoms with van der Waals surface area (Å²) in [5, 5.41) is 13.0. The van der Waals surface area contributed by atoms with Crippen LogP contribution in [0.3, 0.4) is 0 Å². The van der Waals surface area contributed by atoms with Gasteiger partial charge in [0.1, 0.15) is 5.54 Å². The van der Waals surface area contributed by atoms with Crippen molar-refractivity contribution >= 4 is 5.69 Å². The second kappa shape index (κ2) is 5.22. The molecule has 2 unspecified atom stereocenters. The Bertz CT molecular complexity index is 477. The largest absolute Gasteiger partial charge is 0.375 e. The topological polar surface area (TPSA) is 45.0 Å². The first-order valence-electron chi connectivity index (χ1n) is 6.91. The molecule has 19 heavy (non-hydrogen) atoms. The average Bonchev–Trinajstić information content (AvgIpc) is 2.42. The molecule has 102 valence electrons. The van der Waals surface area contributed by atoms with Crippen molar-refractivity contribution < 1.29 is 4.74 Å². The first-order valence-corrected chi connectivity index (χ1v) is 6.91. The van der Waals surface area contributed by atoms with Gasteiger partial charge in [-0.1, -0.05) is 24.6 Å². The summed E-state index contributed by atoms with van der Waals surface area (Å²) in [4.78, 5) is 0. The van der Waals surface area contributed by atoms with Crippen LogP contribution in [-0.4, -0.2) is 17.7 Å². The minimum absolute atomic E-state index is 0.203. The van der Waals surface area contributed by atoms with Crippen LogP contribution in [0.1, 0.15) is 38.7 Å². The van der Waals surface area contributed by atoms with Gasteiger partial charge in [-0.2, -0.15) is 5.26 Å². The number of ether oxygens (including phenoxy) is 1. The lowest BCUT2D eigenvalue weighted by Crippen LogP contribution is -2.50. The molecule has 1 heterocycles. The molecule has 0 aliphatic carbocycles. The molecule has 1 N–H and O–H groups in total. The maximum Gasteiger partial charge on any atom is 0.130 e. The number of hydrogen-bond donors (Lipinski definition) is 1. The Balaban J connectivity index is 2.19. The quantitative estimate of drug-likeness (QED) is 0.900. The van der Waals surface area contributed by atoms with E-state index < -0.39 is 5.54 Å². The maximum atomic E-state index is 9.62. The van der Waals surface area contributed by atoms with E-state index in [0.29, 0.717) is 6.61 Å². The van der Waals surface area contributed by atoms with Crippen LogP contribution in [0, 0.1) is 18.3 Å². The monoisotopic (exact) mass is 258 g/mol. The Hall–Kier alpha value is -1.53. The standard InChI is InChI=1S/C16H22N2O/c1-4-15(3)11-16(12-17,9-10-19-15)18-14-7-5-13(2)6-8-14/h5-8,18H,4,9-11H2,1-3H3. The van der Waals surface area contributed by atoms with Gasteiger partial charge < -0.3 is 10.1 Å². The molecule has 3 nitrogen and oxygen atoms in total. The molecule has 1 fully saturated rings. The van der Waals surface area contributed by atoms with Crippen molar-refractivity contribution in [3.8, 4) is 6.07 Å². The van der Waals surface area contributed by atoms with E-state index >= 15 is 0 Å². The van der Waals surface area contributed by atoms with E-state index in [2.05, 4.69) is 44.3 Å². The summed E-state index contributed by atoms with van der Waals surface area (Å²) in [6.45, 7) is 6.90. The molecule has 2 rings (SSSR count). The van der Waals surface area contributed by atoms with E-state index in [0.717, 1.165) is 24.9 Å². The summed E-state index contributed by atoms with van der Waals surface area (Å²) in [5.74, 6) is 0. The zero-order valence-corrected chi connectivity index (χ0v) is 12.0. The highest BCUT2D eigenvalue weighted by atomic mass is 16.5. The summed E-state index contributed by atoms with van der Waals surface area (Å²) in [6, 6.07) is 10.7. The lowest BCUT2D eigenvalue weighted by molar-refractivity contribution is -0.0809. The van der Waals surface area contributed by atoms with Crippen molar-refractivity contribution in [1.82, 2.24) is 0 Å². The number of benzene rings is 1. The molecule has 2 atom stereocenters. The highest BCUT2D eigenvalue weighted by molar-refractivity contribution is 5.49. The van der Waals surface area contributed by atoms with Crippen LogP contribution in [0.5, 0.6) is 0 Å². The second-order valence-electron chi connectivity index (χ2n) is 5.76. The third-order valence-electron chi connectivity index (χ3n) is 4.05. The molecular weight excluding hydrogens is 236 g/mol. The number of nitriles is 1. The highest BCUT2D eigenvalue weighted by Crippen LogP contribution is 2.36. The predicted octanol–water partition coefficient (Wildman–Crippen LogP) is 3.65. The smallest absolute Gasteiger partial charge is 0.130 e. The molecule has 1 aliphatic heterocycles. The van der Waals surface area contributed by atoms with E-state index in [9.17, 15) is 5.26 Å². The van der Waals surface area contributed by atoms with Crippen LogP contribution in [0.2, 0.25) is 0 Å².